The molecule has 1 heterocycles. The molecule has 12 heavy (non-hydrogen) atoms. The van der Waals surface area contributed by atoms with Crippen molar-refractivity contribution in [2.45, 2.75) is 19.7 Å². The van der Waals surface area contributed by atoms with E-state index in [0.29, 0.717) is 24.2 Å². The van der Waals surface area contributed by atoms with Gasteiger partial charge in [0.1, 0.15) is 5.82 Å². The highest BCUT2D eigenvalue weighted by atomic mass is 35.5. The third kappa shape index (κ3) is 2.34. The molecule has 0 aliphatic rings. The number of aromatic nitrogens is 2. The van der Waals surface area contributed by atoms with Gasteiger partial charge in [0.15, 0.2) is 0 Å². The number of halogens is 1. The first-order valence-electron chi connectivity index (χ1n) is 3.79. The number of aryl methyl sites for hydroxylation is 1. The van der Waals surface area contributed by atoms with Gasteiger partial charge in [0, 0.05) is 11.8 Å². The Morgan fingerprint density at radius 1 is 1.50 bits per heavy atom. The van der Waals surface area contributed by atoms with Crippen molar-refractivity contribution in [2.75, 3.05) is 6.61 Å². The van der Waals surface area contributed by atoms with Crippen LogP contribution in [-0.4, -0.2) is 16.6 Å². The minimum absolute atomic E-state index is 0.321. The molecule has 66 valence electrons. The highest BCUT2D eigenvalue weighted by molar-refractivity contribution is 6.16. The Kier molecular flexibility index (Phi) is 3.29. The largest absolute Gasteiger partial charge is 0.478 e. The van der Waals surface area contributed by atoms with Gasteiger partial charge in [-0.05, 0) is 13.8 Å². The van der Waals surface area contributed by atoms with Crippen molar-refractivity contribution < 1.29 is 4.74 Å². The third-order valence-electron chi connectivity index (χ3n) is 1.29. The van der Waals surface area contributed by atoms with Gasteiger partial charge in [0.25, 0.3) is 0 Å². The maximum atomic E-state index is 5.59. The normalized spacial score (nSPS) is 9.92. The molecule has 0 atom stereocenters. The van der Waals surface area contributed by atoms with Gasteiger partial charge in [-0.3, -0.25) is 0 Å². The number of hydrogen-bond acceptors (Lipinski definition) is 3. The molecule has 0 spiro atoms. The summed E-state index contributed by atoms with van der Waals surface area (Å²) < 4.78 is 5.22. The quantitative estimate of drug-likeness (QED) is 0.677. The predicted octanol–water partition coefficient (Wildman–Crippen LogP) is 1.92. The van der Waals surface area contributed by atoms with E-state index in [1.54, 1.807) is 6.07 Å². The lowest BCUT2D eigenvalue weighted by atomic mass is 10.4. The van der Waals surface area contributed by atoms with Crippen LogP contribution in [-0.2, 0) is 5.88 Å². The summed E-state index contributed by atoms with van der Waals surface area (Å²) in [5, 5.41) is 0. The summed E-state index contributed by atoms with van der Waals surface area (Å²) >= 11 is 5.59. The van der Waals surface area contributed by atoms with Crippen LogP contribution in [0.1, 0.15) is 18.4 Å². The molecule has 0 unspecified atom stereocenters. The van der Waals surface area contributed by atoms with E-state index in [9.17, 15) is 0 Å². The van der Waals surface area contributed by atoms with Crippen LogP contribution in [0.4, 0.5) is 0 Å². The molecule has 0 amide bonds. The zero-order valence-electron chi connectivity index (χ0n) is 7.17. The number of ether oxygens (including phenoxy) is 1. The Morgan fingerprint density at radius 3 is 2.83 bits per heavy atom. The first-order valence-corrected chi connectivity index (χ1v) is 4.33. The molecule has 0 aliphatic heterocycles. The van der Waals surface area contributed by atoms with Crippen molar-refractivity contribution in [3.63, 3.8) is 0 Å². The van der Waals surface area contributed by atoms with Crippen LogP contribution >= 0.6 is 11.6 Å². The van der Waals surface area contributed by atoms with Crippen LogP contribution in [0.3, 0.4) is 0 Å². The van der Waals surface area contributed by atoms with Gasteiger partial charge in [0.05, 0.1) is 12.5 Å². The standard InChI is InChI=1S/C8H11ClN2O/c1-3-12-8-4-6(2)10-7(5-9)11-8/h4H,3,5H2,1-2H3. The van der Waals surface area contributed by atoms with Crippen molar-refractivity contribution in [3.8, 4) is 5.88 Å². The Bertz CT molecular complexity index is 265. The van der Waals surface area contributed by atoms with Crippen LogP contribution in [0, 0.1) is 6.92 Å². The zero-order chi connectivity index (χ0) is 8.97. The lowest BCUT2D eigenvalue weighted by Crippen LogP contribution is -2.00. The molecule has 0 aliphatic carbocycles. The summed E-state index contributed by atoms with van der Waals surface area (Å²) in [6, 6.07) is 1.79. The highest BCUT2D eigenvalue weighted by Gasteiger charge is 2.00. The van der Waals surface area contributed by atoms with E-state index in [2.05, 4.69) is 9.97 Å². The average molecular weight is 187 g/mol. The molecule has 0 saturated heterocycles. The van der Waals surface area contributed by atoms with Gasteiger partial charge in [-0.25, -0.2) is 4.98 Å². The second-order valence-electron chi connectivity index (χ2n) is 2.33. The lowest BCUT2D eigenvalue weighted by molar-refractivity contribution is 0.325. The summed E-state index contributed by atoms with van der Waals surface area (Å²) in [5.41, 5.74) is 0.879. The Hall–Kier alpha value is -0.830. The van der Waals surface area contributed by atoms with Crippen LogP contribution in [0.15, 0.2) is 6.07 Å². The molecule has 0 N–H and O–H groups in total. The van der Waals surface area contributed by atoms with Crippen LogP contribution in [0.2, 0.25) is 0 Å². The maximum Gasteiger partial charge on any atom is 0.216 e. The Morgan fingerprint density at radius 2 is 2.25 bits per heavy atom. The fourth-order valence-corrected chi connectivity index (χ4v) is 1.00. The molecule has 1 aromatic rings. The van der Waals surface area contributed by atoms with Gasteiger partial charge in [-0.15, -0.1) is 11.6 Å². The van der Waals surface area contributed by atoms with Crippen molar-refractivity contribution in [1.29, 1.82) is 0 Å². The third-order valence-corrected chi connectivity index (χ3v) is 1.53. The molecule has 0 saturated carbocycles. The molecule has 0 aromatic carbocycles. The monoisotopic (exact) mass is 186 g/mol. The molecular weight excluding hydrogens is 176 g/mol. The van der Waals surface area contributed by atoms with Crippen LogP contribution in [0.25, 0.3) is 0 Å². The first-order chi connectivity index (χ1) is 5.76. The van der Waals surface area contributed by atoms with Gasteiger partial charge in [0.2, 0.25) is 5.88 Å². The topological polar surface area (TPSA) is 35.0 Å². The average Bonchev–Trinajstić information content (AvgIpc) is 2.04. The van der Waals surface area contributed by atoms with E-state index in [1.165, 1.54) is 0 Å². The van der Waals surface area contributed by atoms with Gasteiger partial charge >= 0.3 is 0 Å². The van der Waals surface area contributed by atoms with Crippen molar-refractivity contribution >= 4 is 11.6 Å². The lowest BCUT2D eigenvalue weighted by Gasteiger charge is -2.03. The number of hydrogen-bond donors (Lipinski definition) is 0. The summed E-state index contributed by atoms with van der Waals surface area (Å²) in [6.07, 6.45) is 0. The van der Waals surface area contributed by atoms with E-state index >= 15 is 0 Å². The fraction of sp³-hybridized carbons (Fsp3) is 0.500. The molecule has 1 aromatic heterocycles. The van der Waals surface area contributed by atoms with E-state index in [4.69, 9.17) is 16.3 Å². The molecule has 3 nitrogen and oxygen atoms in total. The number of nitrogens with zero attached hydrogens (tertiary/aromatic N) is 2. The van der Waals surface area contributed by atoms with E-state index in [0.717, 1.165) is 5.69 Å². The summed E-state index contributed by atoms with van der Waals surface area (Å²) in [7, 11) is 0. The second-order valence-corrected chi connectivity index (χ2v) is 2.60. The molecule has 0 fully saturated rings. The number of rotatable bonds is 3. The molecular formula is C8H11ClN2O. The minimum Gasteiger partial charge on any atom is -0.478 e. The van der Waals surface area contributed by atoms with Crippen molar-refractivity contribution in [3.05, 3.63) is 17.6 Å². The Balaban J connectivity index is 2.90. The molecule has 0 radical (unpaired) electrons. The highest BCUT2D eigenvalue weighted by Crippen LogP contribution is 2.09. The number of alkyl halides is 1. The van der Waals surface area contributed by atoms with Gasteiger partial charge in [-0.2, -0.15) is 4.98 Å². The van der Waals surface area contributed by atoms with Crippen LogP contribution in [0.5, 0.6) is 5.88 Å². The minimum atomic E-state index is 0.321. The summed E-state index contributed by atoms with van der Waals surface area (Å²) in [6.45, 7) is 4.41. The van der Waals surface area contributed by atoms with E-state index in [1.807, 2.05) is 13.8 Å². The molecule has 1 rings (SSSR count). The van der Waals surface area contributed by atoms with E-state index in [-0.39, 0.29) is 0 Å². The van der Waals surface area contributed by atoms with Gasteiger partial charge < -0.3 is 4.74 Å². The summed E-state index contributed by atoms with van der Waals surface area (Å²) in [4.78, 5) is 8.19. The molecule has 0 bridgehead atoms. The van der Waals surface area contributed by atoms with Gasteiger partial charge in [-0.1, -0.05) is 0 Å². The van der Waals surface area contributed by atoms with Crippen molar-refractivity contribution in [2.24, 2.45) is 0 Å². The maximum absolute atomic E-state index is 5.59. The fourth-order valence-electron chi connectivity index (χ4n) is 0.881. The molecule has 4 heteroatoms. The first kappa shape index (κ1) is 9.26. The van der Waals surface area contributed by atoms with Crippen LogP contribution < -0.4 is 4.74 Å². The summed E-state index contributed by atoms with van der Waals surface area (Å²) in [5.74, 6) is 1.53. The second kappa shape index (κ2) is 4.26. The zero-order valence-corrected chi connectivity index (χ0v) is 7.93. The predicted molar refractivity (Wildman–Crippen MR) is 47.5 cm³/mol. The Labute approximate surface area is 76.7 Å². The SMILES string of the molecule is CCOc1cc(C)nc(CCl)n1. The van der Waals surface area contributed by atoms with Crippen molar-refractivity contribution in [1.82, 2.24) is 9.97 Å². The van der Waals surface area contributed by atoms with E-state index < -0.39 is 0 Å². The smallest absolute Gasteiger partial charge is 0.216 e.